The Labute approximate surface area is 119 Å². The largest absolute Gasteiger partial charge is 0.496 e. The number of amides is 1. The highest BCUT2D eigenvalue weighted by atomic mass is 16.5. The molecule has 0 saturated heterocycles. The maximum atomic E-state index is 12.2. The van der Waals surface area contributed by atoms with E-state index in [1.165, 1.54) is 25.7 Å². The molecule has 4 nitrogen and oxygen atoms in total. The second-order valence-corrected chi connectivity index (χ2v) is 5.62. The minimum absolute atomic E-state index is 0.0509. The van der Waals surface area contributed by atoms with Crippen molar-refractivity contribution in [2.24, 2.45) is 5.92 Å². The van der Waals surface area contributed by atoms with E-state index in [9.17, 15) is 4.79 Å². The number of fused-ring (bicyclic) bond motifs is 1. The molecule has 1 aliphatic heterocycles. The van der Waals surface area contributed by atoms with Crippen LogP contribution in [0.4, 0.5) is 0 Å². The van der Waals surface area contributed by atoms with Crippen LogP contribution in [0.2, 0.25) is 0 Å². The van der Waals surface area contributed by atoms with Crippen LogP contribution in [0.3, 0.4) is 0 Å². The number of hydrogen-bond acceptors (Lipinski definition) is 3. The normalized spacial score (nSPS) is 22.3. The van der Waals surface area contributed by atoms with Gasteiger partial charge in [-0.1, -0.05) is 12.8 Å². The van der Waals surface area contributed by atoms with Gasteiger partial charge in [-0.05, 0) is 30.9 Å². The van der Waals surface area contributed by atoms with E-state index in [4.69, 9.17) is 9.47 Å². The van der Waals surface area contributed by atoms with E-state index in [1.54, 1.807) is 14.2 Å². The molecule has 3 rings (SSSR count). The van der Waals surface area contributed by atoms with Gasteiger partial charge in [-0.2, -0.15) is 0 Å². The van der Waals surface area contributed by atoms with Gasteiger partial charge in [0.25, 0.3) is 5.91 Å². The summed E-state index contributed by atoms with van der Waals surface area (Å²) in [6.45, 7) is 0.708. The maximum absolute atomic E-state index is 12.2. The van der Waals surface area contributed by atoms with Crippen molar-refractivity contribution in [3.05, 3.63) is 23.3 Å². The molecule has 1 aliphatic carbocycles. The lowest BCUT2D eigenvalue weighted by molar-refractivity contribution is 0.0929. The van der Waals surface area contributed by atoms with Crippen LogP contribution in [0.15, 0.2) is 12.1 Å². The predicted octanol–water partition coefficient (Wildman–Crippen LogP) is 2.72. The lowest BCUT2D eigenvalue weighted by Crippen LogP contribution is -2.38. The number of benzene rings is 1. The molecule has 1 amide bonds. The number of carbonyl (C=O) groups excluding carboxylic acids is 1. The number of nitrogens with one attached hydrogen (secondary N) is 1. The van der Waals surface area contributed by atoms with Gasteiger partial charge in [0.1, 0.15) is 11.5 Å². The molecule has 1 fully saturated rings. The Hall–Kier alpha value is -1.71. The van der Waals surface area contributed by atoms with Crippen molar-refractivity contribution in [2.75, 3.05) is 20.8 Å². The molecule has 20 heavy (non-hydrogen) atoms. The Morgan fingerprint density at radius 1 is 1.10 bits per heavy atom. The van der Waals surface area contributed by atoms with Gasteiger partial charge < -0.3 is 14.8 Å². The van der Waals surface area contributed by atoms with E-state index in [1.807, 2.05) is 12.1 Å². The average Bonchev–Trinajstić information content (AvgIpc) is 3.00. The smallest absolute Gasteiger partial charge is 0.255 e. The Bertz CT molecular complexity index is 521. The highest BCUT2D eigenvalue weighted by Gasteiger charge is 2.36. The van der Waals surface area contributed by atoms with Gasteiger partial charge in [0.05, 0.1) is 19.8 Å². The molecular formula is C16H21NO3. The number of hydrogen-bond donors (Lipinski definition) is 1. The van der Waals surface area contributed by atoms with Crippen LogP contribution in [0, 0.1) is 5.92 Å². The molecule has 0 bridgehead atoms. The van der Waals surface area contributed by atoms with Crippen LogP contribution < -0.4 is 14.8 Å². The van der Waals surface area contributed by atoms with E-state index < -0.39 is 0 Å². The van der Waals surface area contributed by atoms with Crippen molar-refractivity contribution in [3.8, 4) is 11.5 Å². The molecular weight excluding hydrogens is 254 g/mol. The minimum Gasteiger partial charge on any atom is -0.496 e. The number of rotatable bonds is 3. The quantitative estimate of drug-likeness (QED) is 0.922. The molecule has 2 aliphatic rings. The standard InChI is InChI=1S/C16H21NO3/c1-19-12-7-8-13(20-2)15-14(12)11(9-17-16(15)18)10-5-3-4-6-10/h7-8,10-11H,3-6,9H2,1-2H3,(H,17,18). The van der Waals surface area contributed by atoms with E-state index in [0.717, 1.165) is 11.3 Å². The van der Waals surface area contributed by atoms with Crippen LogP contribution in [0.25, 0.3) is 0 Å². The fraction of sp³-hybridized carbons (Fsp3) is 0.562. The SMILES string of the molecule is COc1ccc(OC)c2c1C(=O)NCC2C1CCCC1. The molecule has 0 spiro atoms. The number of methoxy groups -OCH3 is 2. The van der Waals surface area contributed by atoms with Gasteiger partial charge in [0, 0.05) is 18.0 Å². The van der Waals surface area contributed by atoms with Crippen molar-refractivity contribution in [1.82, 2.24) is 5.32 Å². The van der Waals surface area contributed by atoms with Crippen molar-refractivity contribution in [1.29, 1.82) is 0 Å². The summed E-state index contributed by atoms with van der Waals surface area (Å²) in [6.07, 6.45) is 5.05. The maximum Gasteiger partial charge on any atom is 0.255 e. The highest BCUT2D eigenvalue weighted by Crippen LogP contribution is 2.45. The van der Waals surface area contributed by atoms with Crippen LogP contribution in [-0.4, -0.2) is 26.7 Å². The van der Waals surface area contributed by atoms with E-state index in [0.29, 0.717) is 29.7 Å². The van der Waals surface area contributed by atoms with Gasteiger partial charge in [0.2, 0.25) is 0 Å². The van der Waals surface area contributed by atoms with Crippen LogP contribution in [0.5, 0.6) is 11.5 Å². The molecule has 1 unspecified atom stereocenters. The average molecular weight is 275 g/mol. The third-order valence-electron chi connectivity index (χ3n) is 4.66. The Kier molecular flexibility index (Phi) is 3.55. The van der Waals surface area contributed by atoms with Crippen molar-refractivity contribution >= 4 is 5.91 Å². The second kappa shape index (κ2) is 5.35. The molecule has 1 atom stereocenters. The summed E-state index contributed by atoms with van der Waals surface area (Å²) in [4.78, 5) is 12.2. The summed E-state index contributed by atoms with van der Waals surface area (Å²) < 4.78 is 10.9. The van der Waals surface area contributed by atoms with E-state index >= 15 is 0 Å². The Morgan fingerprint density at radius 3 is 2.40 bits per heavy atom. The van der Waals surface area contributed by atoms with Crippen molar-refractivity contribution in [3.63, 3.8) is 0 Å². The molecule has 0 aromatic heterocycles. The summed E-state index contributed by atoms with van der Waals surface area (Å²) >= 11 is 0. The molecule has 1 N–H and O–H groups in total. The summed E-state index contributed by atoms with van der Waals surface area (Å²) in [5.41, 5.74) is 1.71. The zero-order chi connectivity index (χ0) is 14.1. The summed E-state index contributed by atoms with van der Waals surface area (Å²) in [5, 5.41) is 3.02. The summed E-state index contributed by atoms with van der Waals surface area (Å²) in [7, 11) is 3.27. The van der Waals surface area contributed by atoms with Gasteiger partial charge in [0.15, 0.2) is 0 Å². The highest BCUT2D eigenvalue weighted by molar-refractivity contribution is 6.00. The number of ether oxygens (including phenoxy) is 2. The predicted molar refractivity (Wildman–Crippen MR) is 76.6 cm³/mol. The third-order valence-corrected chi connectivity index (χ3v) is 4.66. The Morgan fingerprint density at radius 2 is 1.75 bits per heavy atom. The number of carbonyl (C=O) groups is 1. The molecule has 1 aromatic carbocycles. The third kappa shape index (κ3) is 2.03. The molecule has 1 saturated carbocycles. The zero-order valence-electron chi connectivity index (χ0n) is 12.1. The van der Waals surface area contributed by atoms with Gasteiger partial charge in [-0.3, -0.25) is 4.79 Å². The zero-order valence-corrected chi connectivity index (χ0v) is 12.1. The molecule has 1 heterocycles. The monoisotopic (exact) mass is 275 g/mol. The topological polar surface area (TPSA) is 47.6 Å². The van der Waals surface area contributed by atoms with E-state index in [2.05, 4.69) is 5.32 Å². The fourth-order valence-electron chi connectivity index (χ4n) is 3.69. The molecule has 1 aromatic rings. The van der Waals surface area contributed by atoms with Gasteiger partial charge >= 0.3 is 0 Å². The van der Waals surface area contributed by atoms with Gasteiger partial charge in [-0.15, -0.1) is 0 Å². The van der Waals surface area contributed by atoms with Crippen molar-refractivity contribution < 1.29 is 14.3 Å². The Balaban J connectivity index is 2.12. The lowest BCUT2D eigenvalue weighted by atomic mass is 9.79. The summed E-state index contributed by atoms with van der Waals surface area (Å²) in [5.74, 6) is 2.38. The first-order chi connectivity index (χ1) is 9.76. The van der Waals surface area contributed by atoms with Crippen LogP contribution in [-0.2, 0) is 0 Å². The summed E-state index contributed by atoms with van der Waals surface area (Å²) in [6, 6.07) is 3.73. The molecule has 108 valence electrons. The van der Waals surface area contributed by atoms with Crippen LogP contribution >= 0.6 is 0 Å². The molecule has 4 heteroatoms. The first-order valence-corrected chi connectivity index (χ1v) is 7.29. The van der Waals surface area contributed by atoms with E-state index in [-0.39, 0.29) is 5.91 Å². The fourth-order valence-corrected chi connectivity index (χ4v) is 3.69. The van der Waals surface area contributed by atoms with Crippen LogP contribution in [0.1, 0.15) is 47.5 Å². The minimum atomic E-state index is -0.0509. The van der Waals surface area contributed by atoms with Crippen molar-refractivity contribution in [2.45, 2.75) is 31.6 Å². The molecule has 0 radical (unpaired) electrons. The first kappa shape index (κ1) is 13.3. The lowest BCUT2D eigenvalue weighted by Gasteiger charge is -2.32. The van der Waals surface area contributed by atoms with Gasteiger partial charge in [-0.25, -0.2) is 0 Å². The second-order valence-electron chi connectivity index (χ2n) is 5.62. The first-order valence-electron chi connectivity index (χ1n) is 7.29.